The van der Waals surface area contributed by atoms with Crippen molar-refractivity contribution in [3.05, 3.63) is 34.9 Å². The lowest BCUT2D eigenvalue weighted by Gasteiger charge is -2.18. The molecule has 2 N–H and O–H groups in total. The fraction of sp³-hybridized carbons (Fsp3) is 0.214. The summed E-state index contributed by atoms with van der Waals surface area (Å²) < 4.78 is 5.04. The number of rotatable bonds is 2. The average molecular weight is 303 g/mol. The van der Waals surface area contributed by atoms with Crippen LogP contribution >= 0.6 is 11.8 Å². The number of fused-ring (bicyclic) bond motifs is 3. The van der Waals surface area contributed by atoms with Crippen LogP contribution in [0.1, 0.15) is 6.92 Å². The molecule has 0 radical (unpaired) electrons. The van der Waals surface area contributed by atoms with Gasteiger partial charge in [0.25, 0.3) is 0 Å². The summed E-state index contributed by atoms with van der Waals surface area (Å²) in [7, 11) is 0. The van der Waals surface area contributed by atoms with Gasteiger partial charge in [0, 0.05) is 0 Å². The number of aliphatic imine (C=N–C) groups is 1. The summed E-state index contributed by atoms with van der Waals surface area (Å²) in [5.41, 5.74) is 7.31. The largest absolute Gasteiger partial charge is 0.462 e. The molecule has 1 amide bonds. The monoisotopic (exact) mass is 303 g/mol. The van der Waals surface area contributed by atoms with E-state index in [2.05, 4.69) is 4.99 Å². The number of hydrogen-bond donors (Lipinski definition) is 1. The maximum Gasteiger partial charge on any atom is 0.344 e. The summed E-state index contributed by atoms with van der Waals surface area (Å²) >= 11 is 1.27. The van der Waals surface area contributed by atoms with Crippen molar-refractivity contribution in [3.63, 3.8) is 0 Å². The van der Waals surface area contributed by atoms with Crippen molar-refractivity contribution < 1.29 is 14.3 Å². The Bertz CT molecular complexity index is 696. The lowest BCUT2D eigenvalue weighted by atomic mass is 10.2. The van der Waals surface area contributed by atoms with Gasteiger partial charge in [-0.3, -0.25) is 9.69 Å². The van der Waals surface area contributed by atoms with E-state index in [0.29, 0.717) is 16.4 Å². The highest BCUT2D eigenvalue weighted by atomic mass is 32.2. The normalized spacial score (nSPS) is 17.1. The molecule has 0 atom stereocenters. The minimum atomic E-state index is -0.561. The van der Waals surface area contributed by atoms with Crippen molar-refractivity contribution in [2.75, 3.05) is 17.3 Å². The first-order valence-corrected chi connectivity index (χ1v) is 7.42. The molecule has 1 fully saturated rings. The van der Waals surface area contributed by atoms with E-state index in [1.807, 2.05) is 6.07 Å². The summed E-state index contributed by atoms with van der Waals surface area (Å²) in [6.07, 6.45) is 0. The van der Waals surface area contributed by atoms with Crippen molar-refractivity contribution in [2.45, 2.75) is 6.92 Å². The Balaban J connectivity index is 2.22. The number of esters is 1. The highest BCUT2D eigenvalue weighted by Crippen LogP contribution is 2.42. The van der Waals surface area contributed by atoms with Crippen LogP contribution in [0.15, 0.2) is 39.9 Å². The quantitative estimate of drug-likeness (QED) is 0.838. The minimum Gasteiger partial charge on any atom is -0.462 e. The van der Waals surface area contributed by atoms with Gasteiger partial charge in [0.05, 0.1) is 23.7 Å². The number of thioether (sulfide) groups is 1. The summed E-state index contributed by atoms with van der Waals surface area (Å²) in [6, 6.07) is 7.15. The third kappa shape index (κ3) is 2.19. The number of amides is 1. The van der Waals surface area contributed by atoms with Gasteiger partial charge in [-0.25, -0.2) is 9.79 Å². The highest BCUT2D eigenvalue weighted by Gasteiger charge is 2.37. The third-order valence-electron chi connectivity index (χ3n) is 3.10. The van der Waals surface area contributed by atoms with Crippen molar-refractivity contribution in [1.82, 2.24) is 0 Å². The highest BCUT2D eigenvalue weighted by molar-refractivity contribution is 8.04. The Morgan fingerprint density at radius 2 is 2.24 bits per heavy atom. The Morgan fingerprint density at radius 1 is 1.48 bits per heavy atom. The summed E-state index contributed by atoms with van der Waals surface area (Å²) in [5.74, 6) is -0.330. The maximum absolute atomic E-state index is 12.2. The van der Waals surface area contributed by atoms with Crippen LogP contribution in [0.3, 0.4) is 0 Å². The number of nitrogens with two attached hydrogens (primary N) is 1. The molecule has 2 aliphatic rings. The van der Waals surface area contributed by atoms with Crippen LogP contribution in [0, 0.1) is 0 Å². The van der Waals surface area contributed by atoms with Crippen molar-refractivity contribution in [1.29, 1.82) is 0 Å². The zero-order valence-corrected chi connectivity index (χ0v) is 12.1. The second-order valence-electron chi connectivity index (χ2n) is 4.40. The van der Waals surface area contributed by atoms with E-state index in [9.17, 15) is 9.59 Å². The standard InChI is InChI=1S/C14H13N3O3S/c1-2-20-14(19)11-12(15)16-8-5-3-4-6-9(8)17-10(18)7-21-13(11)17/h3-6H,2,7H2,1H3,(H2,15,16). The predicted molar refractivity (Wildman–Crippen MR) is 81.3 cm³/mol. The van der Waals surface area contributed by atoms with Gasteiger partial charge in [0.15, 0.2) is 0 Å². The van der Waals surface area contributed by atoms with Crippen LogP contribution in [-0.4, -0.2) is 30.1 Å². The molecule has 108 valence electrons. The van der Waals surface area contributed by atoms with E-state index in [4.69, 9.17) is 10.5 Å². The third-order valence-corrected chi connectivity index (χ3v) is 4.15. The zero-order chi connectivity index (χ0) is 15.0. The number of carbonyl (C=O) groups excluding carboxylic acids is 2. The molecule has 3 rings (SSSR count). The van der Waals surface area contributed by atoms with E-state index in [1.165, 1.54) is 16.7 Å². The number of amidine groups is 1. The minimum absolute atomic E-state index is 0.0700. The van der Waals surface area contributed by atoms with Crippen LogP contribution in [0.25, 0.3) is 0 Å². The number of carbonyl (C=O) groups is 2. The second kappa shape index (κ2) is 5.25. The van der Waals surface area contributed by atoms with Crippen LogP contribution in [0.5, 0.6) is 0 Å². The van der Waals surface area contributed by atoms with Crippen LogP contribution in [0.4, 0.5) is 11.4 Å². The first-order chi connectivity index (χ1) is 10.1. The molecule has 0 unspecified atom stereocenters. The predicted octanol–water partition coefficient (Wildman–Crippen LogP) is 1.54. The van der Waals surface area contributed by atoms with Crippen molar-refractivity contribution in [3.8, 4) is 0 Å². The fourth-order valence-electron chi connectivity index (χ4n) is 2.24. The molecule has 7 heteroatoms. The molecule has 21 heavy (non-hydrogen) atoms. The second-order valence-corrected chi connectivity index (χ2v) is 5.37. The molecule has 0 spiro atoms. The molecule has 1 saturated heterocycles. The van der Waals surface area contributed by atoms with E-state index < -0.39 is 5.97 Å². The Kier molecular flexibility index (Phi) is 3.42. The van der Waals surface area contributed by atoms with Gasteiger partial charge in [-0.15, -0.1) is 0 Å². The van der Waals surface area contributed by atoms with Gasteiger partial charge in [0.2, 0.25) is 5.91 Å². The molecule has 1 aromatic rings. The maximum atomic E-state index is 12.2. The number of hydrogen-bond acceptors (Lipinski definition) is 6. The molecule has 1 aromatic carbocycles. The SMILES string of the molecule is CCOC(=O)C1=C2SCC(=O)N2c2ccccc2N=C1N. The van der Waals surface area contributed by atoms with Crippen LogP contribution in [-0.2, 0) is 14.3 Å². The summed E-state index contributed by atoms with van der Waals surface area (Å²) in [4.78, 5) is 30.1. The van der Waals surface area contributed by atoms with Crippen molar-refractivity contribution >= 4 is 40.8 Å². The Morgan fingerprint density at radius 3 is 3.00 bits per heavy atom. The molecule has 2 aliphatic heterocycles. The molecule has 6 nitrogen and oxygen atoms in total. The van der Waals surface area contributed by atoms with E-state index in [1.54, 1.807) is 25.1 Å². The van der Waals surface area contributed by atoms with Gasteiger partial charge < -0.3 is 10.5 Å². The van der Waals surface area contributed by atoms with Crippen molar-refractivity contribution in [2.24, 2.45) is 10.7 Å². The van der Waals surface area contributed by atoms with Gasteiger partial charge >= 0.3 is 5.97 Å². The lowest BCUT2D eigenvalue weighted by Crippen LogP contribution is -2.29. The molecular weight excluding hydrogens is 290 g/mol. The van der Waals surface area contributed by atoms with E-state index in [0.717, 1.165) is 0 Å². The number of anilines is 1. The number of benzene rings is 1. The molecule has 0 aromatic heterocycles. The molecule has 0 aliphatic carbocycles. The van der Waals surface area contributed by atoms with Gasteiger partial charge in [-0.1, -0.05) is 23.9 Å². The van der Waals surface area contributed by atoms with Gasteiger partial charge in [-0.05, 0) is 19.1 Å². The van der Waals surface area contributed by atoms with Gasteiger partial charge in [0.1, 0.15) is 16.4 Å². The average Bonchev–Trinajstić information content (AvgIpc) is 2.76. The smallest absolute Gasteiger partial charge is 0.344 e. The van der Waals surface area contributed by atoms with E-state index >= 15 is 0 Å². The number of ether oxygens (including phenoxy) is 1. The van der Waals surface area contributed by atoms with Crippen LogP contribution < -0.4 is 10.6 Å². The topological polar surface area (TPSA) is 85.0 Å². The number of para-hydroxylation sites is 2. The Labute approximate surface area is 125 Å². The van der Waals surface area contributed by atoms with E-state index in [-0.39, 0.29) is 29.7 Å². The fourth-order valence-corrected chi connectivity index (χ4v) is 3.29. The molecule has 0 bridgehead atoms. The first-order valence-electron chi connectivity index (χ1n) is 6.44. The Hall–Kier alpha value is -2.28. The lowest BCUT2D eigenvalue weighted by molar-refractivity contribution is -0.137. The molecule has 2 heterocycles. The summed E-state index contributed by atoms with van der Waals surface area (Å²) in [6.45, 7) is 1.95. The summed E-state index contributed by atoms with van der Waals surface area (Å²) in [5, 5.41) is 0.490. The zero-order valence-electron chi connectivity index (χ0n) is 11.3. The first kappa shape index (κ1) is 13.7. The molecule has 0 saturated carbocycles. The number of nitrogens with zero attached hydrogens (tertiary/aromatic N) is 2. The molecular formula is C14H13N3O3S. The van der Waals surface area contributed by atoms with Gasteiger partial charge in [-0.2, -0.15) is 0 Å². The van der Waals surface area contributed by atoms with Crippen LogP contribution in [0.2, 0.25) is 0 Å².